The van der Waals surface area contributed by atoms with Crippen molar-refractivity contribution >= 4 is 15.9 Å². The van der Waals surface area contributed by atoms with Crippen LogP contribution >= 0.6 is 0 Å². The lowest BCUT2D eigenvalue weighted by Crippen LogP contribution is -2.37. The van der Waals surface area contributed by atoms with Gasteiger partial charge < -0.3 is 15.4 Å². The predicted molar refractivity (Wildman–Crippen MR) is 87.2 cm³/mol. The molecule has 1 heterocycles. The van der Waals surface area contributed by atoms with Crippen molar-refractivity contribution in [3.63, 3.8) is 0 Å². The molecule has 1 aliphatic rings. The number of amides is 1. The second kappa shape index (κ2) is 7.29. The number of methoxy groups -OCH3 is 1. The Hall–Kier alpha value is -1.64. The fraction of sp³-hybridized carbons (Fsp3) is 0.533. The van der Waals surface area contributed by atoms with E-state index in [0.717, 1.165) is 23.7 Å². The quantitative estimate of drug-likeness (QED) is 0.783. The Bertz CT molecular complexity index is 667. The molecule has 1 aromatic rings. The van der Waals surface area contributed by atoms with E-state index in [9.17, 15) is 13.2 Å². The third-order valence-corrected chi connectivity index (χ3v) is 5.69. The third kappa shape index (κ3) is 4.01. The molecule has 2 N–H and O–H groups in total. The highest BCUT2D eigenvalue weighted by Gasteiger charge is 2.24. The molecule has 7 nitrogen and oxygen atoms in total. The molecule has 0 aromatic heterocycles. The zero-order chi connectivity index (χ0) is 17.0. The molecule has 23 heavy (non-hydrogen) atoms. The molecule has 1 atom stereocenters. The molecule has 0 spiro atoms. The number of sulfonamides is 1. The molecule has 0 radical (unpaired) electrons. The fourth-order valence-electron chi connectivity index (χ4n) is 2.47. The number of hydrogen-bond donors (Lipinski definition) is 2. The first-order chi connectivity index (χ1) is 10.9. The van der Waals surface area contributed by atoms with Crippen LogP contribution in [-0.2, 0) is 10.0 Å². The molecule has 1 amide bonds. The molecular weight excluding hydrogens is 318 g/mol. The average molecular weight is 341 g/mol. The van der Waals surface area contributed by atoms with Gasteiger partial charge in [0.25, 0.3) is 5.91 Å². The maximum absolute atomic E-state index is 12.4. The van der Waals surface area contributed by atoms with Crippen molar-refractivity contribution in [3.8, 4) is 5.75 Å². The van der Waals surface area contributed by atoms with Gasteiger partial charge in [0, 0.05) is 32.2 Å². The van der Waals surface area contributed by atoms with Crippen LogP contribution in [0.25, 0.3) is 0 Å². The summed E-state index contributed by atoms with van der Waals surface area (Å²) in [6, 6.07) is 4.69. The van der Waals surface area contributed by atoms with Gasteiger partial charge in [-0.05, 0) is 37.6 Å². The summed E-state index contributed by atoms with van der Waals surface area (Å²) >= 11 is 0. The molecule has 8 heteroatoms. The normalized spacial score (nSPS) is 18.2. The van der Waals surface area contributed by atoms with Crippen molar-refractivity contribution in [2.75, 3.05) is 34.3 Å². The molecule has 0 saturated carbocycles. The summed E-state index contributed by atoms with van der Waals surface area (Å²) in [6.45, 7) is 1.49. The minimum absolute atomic E-state index is 0.0170. The van der Waals surface area contributed by atoms with Crippen molar-refractivity contribution < 1.29 is 17.9 Å². The topological polar surface area (TPSA) is 87.7 Å². The lowest BCUT2D eigenvalue weighted by Gasteiger charge is -2.16. The molecule has 1 unspecified atom stereocenters. The average Bonchev–Trinajstić information content (AvgIpc) is 3.05. The van der Waals surface area contributed by atoms with Crippen LogP contribution in [0.2, 0.25) is 0 Å². The smallest absolute Gasteiger partial charge is 0.251 e. The number of rotatable bonds is 6. The molecule has 2 rings (SSSR count). The number of nitrogens with one attached hydrogen (secondary N) is 2. The van der Waals surface area contributed by atoms with E-state index in [1.807, 2.05) is 0 Å². The van der Waals surface area contributed by atoms with Gasteiger partial charge in [-0.15, -0.1) is 0 Å². The minimum atomic E-state index is -3.69. The molecule has 1 aliphatic heterocycles. The highest BCUT2D eigenvalue weighted by atomic mass is 32.2. The molecule has 128 valence electrons. The van der Waals surface area contributed by atoms with Crippen molar-refractivity contribution in [2.45, 2.75) is 23.8 Å². The number of benzene rings is 1. The van der Waals surface area contributed by atoms with E-state index in [2.05, 4.69) is 10.6 Å². The summed E-state index contributed by atoms with van der Waals surface area (Å²) in [5, 5.41) is 6.13. The summed E-state index contributed by atoms with van der Waals surface area (Å²) < 4.78 is 30.9. The van der Waals surface area contributed by atoms with Crippen LogP contribution in [0.3, 0.4) is 0 Å². The number of hydrogen-bond acceptors (Lipinski definition) is 5. The van der Waals surface area contributed by atoms with Crippen LogP contribution in [-0.4, -0.2) is 59.0 Å². The van der Waals surface area contributed by atoms with Gasteiger partial charge in [0.1, 0.15) is 10.6 Å². The summed E-state index contributed by atoms with van der Waals surface area (Å²) in [5.41, 5.74) is 0.296. The molecular formula is C15H23N3O4S. The van der Waals surface area contributed by atoms with E-state index in [1.165, 1.54) is 33.3 Å². The maximum atomic E-state index is 12.4. The van der Waals surface area contributed by atoms with Gasteiger partial charge in [-0.1, -0.05) is 0 Å². The monoisotopic (exact) mass is 341 g/mol. The van der Waals surface area contributed by atoms with Crippen LogP contribution in [0.5, 0.6) is 5.75 Å². The molecule has 1 saturated heterocycles. The molecule has 1 fully saturated rings. The Morgan fingerprint density at radius 1 is 1.43 bits per heavy atom. The number of carbonyl (C=O) groups excluding carboxylic acids is 1. The zero-order valence-electron chi connectivity index (χ0n) is 13.6. The van der Waals surface area contributed by atoms with Gasteiger partial charge in [0.15, 0.2) is 0 Å². The van der Waals surface area contributed by atoms with E-state index in [-0.39, 0.29) is 22.6 Å². The Morgan fingerprint density at radius 2 is 2.17 bits per heavy atom. The van der Waals surface area contributed by atoms with E-state index >= 15 is 0 Å². The van der Waals surface area contributed by atoms with Crippen LogP contribution in [0.15, 0.2) is 23.1 Å². The van der Waals surface area contributed by atoms with Gasteiger partial charge in [0.05, 0.1) is 7.11 Å². The Labute approximate surface area is 137 Å². The second-order valence-electron chi connectivity index (χ2n) is 5.66. The first-order valence-electron chi connectivity index (χ1n) is 7.48. The van der Waals surface area contributed by atoms with Gasteiger partial charge in [-0.3, -0.25) is 4.79 Å². The summed E-state index contributed by atoms with van der Waals surface area (Å²) in [4.78, 5) is 12.2. The Kier molecular flexibility index (Phi) is 5.61. The van der Waals surface area contributed by atoms with E-state index < -0.39 is 10.0 Å². The second-order valence-corrected chi connectivity index (χ2v) is 7.78. The Balaban J connectivity index is 2.21. The van der Waals surface area contributed by atoms with Crippen molar-refractivity contribution in [1.29, 1.82) is 0 Å². The summed E-state index contributed by atoms with van der Waals surface area (Å²) in [7, 11) is 0.584. The van der Waals surface area contributed by atoms with Crippen LogP contribution < -0.4 is 15.4 Å². The standard InChI is InChI=1S/C15H23N3O4S/c1-18(2)23(20,21)14-9-11(6-7-13(14)22-3)15(19)17-10-12-5-4-8-16-12/h6-7,9,12,16H,4-5,8,10H2,1-3H3,(H,17,19). The van der Waals surface area contributed by atoms with Gasteiger partial charge >= 0.3 is 0 Å². The van der Waals surface area contributed by atoms with E-state index in [4.69, 9.17) is 4.74 Å². The zero-order valence-corrected chi connectivity index (χ0v) is 14.4. The fourth-order valence-corrected chi connectivity index (χ4v) is 3.54. The van der Waals surface area contributed by atoms with Gasteiger partial charge in [-0.2, -0.15) is 0 Å². The van der Waals surface area contributed by atoms with E-state index in [0.29, 0.717) is 12.1 Å². The molecule has 0 aliphatic carbocycles. The van der Waals surface area contributed by atoms with Crippen molar-refractivity contribution in [1.82, 2.24) is 14.9 Å². The summed E-state index contributed by atoms with van der Waals surface area (Å²) in [5.74, 6) is -0.0794. The first-order valence-corrected chi connectivity index (χ1v) is 8.92. The van der Waals surface area contributed by atoms with Crippen molar-refractivity contribution in [2.24, 2.45) is 0 Å². The highest BCUT2D eigenvalue weighted by molar-refractivity contribution is 7.89. The van der Waals surface area contributed by atoms with Crippen LogP contribution in [0.4, 0.5) is 0 Å². The number of ether oxygens (including phenoxy) is 1. The van der Waals surface area contributed by atoms with Gasteiger partial charge in [-0.25, -0.2) is 12.7 Å². The van der Waals surface area contributed by atoms with Gasteiger partial charge in [0.2, 0.25) is 10.0 Å². The lowest BCUT2D eigenvalue weighted by atomic mass is 10.2. The number of nitrogens with zero attached hydrogens (tertiary/aromatic N) is 1. The van der Waals surface area contributed by atoms with Crippen LogP contribution in [0.1, 0.15) is 23.2 Å². The largest absolute Gasteiger partial charge is 0.495 e. The summed E-state index contributed by atoms with van der Waals surface area (Å²) in [6.07, 6.45) is 2.14. The highest BCUT2D eigenvalue weighted by Crippen LogP contribution is 2.26. The first kappa shape index (κ1) is 17.7. The third-order valence-electron chi connectivity index (χ3n) is 3.86. The van der Waals surface area contributed by atoms with E-state index in [1.54, 1.807) is 6.07 Å². The minimum Gasteiger partial charge on any atom is -0.495 e. The predicted octanol–water partition coefficient (Wildman–Crippen LogP) is 0.427. The Morgan fingerprint density at radius 3 is 2.74 bits per heavy atom. The molecule has 0 bridgehead atoms. The SMILES string of the molecule is COc1ccc(C(=O)NCC2CCCN2)cc1S(=O)(=O)N(C)C. The van der Waals surface area contributed by atoms with Crippen molar-refractivity contribution in [3.05, 3.63) is 23.8 Å². The molecule has 1 aromatic carbocycles. The lowest BCUT2D eigenvalue weighted by molar-refractivity contribution is 0.0950. The maximum Gasteiger partial charge on any atom is 0.251 e. The van der Waals surface area contributed by atoms with Crippen LogP contribution in [0, 0.1) is 0 Å². The number of carbonyl (C=O) groups is 1.